The number of morpholine rings is 1. The first-order valence-corrected chi connectivity index (χ1v) is 6.79. The van der Waals surface area contributed by atoms with E-state index < -0.39 is 0 Å². The van der Waals surface area contributed by atoms with Crippen LogP contribution < -0.4 is 0 Å². The van der Waals surface area contributed by atoms with Gasteiger partial charge >= 0.3 is 0 Å². The van der Waals surface area contributed by atoms with Crippen molar-refractivity contribution in [2.45, 2.75) is 31.4 Å². The van der Waals surface area contributed by atoms with Gasteiger partial charge in [-0.2, -0.15) is 5.26 Å². The molecule has 5 nitrogen and oxygen atoms in total. The highest BCUT2D eigenvalue weighted by molar-refractivity contribution is 5.79. The minimum Gasteiger partial charge on any atom is -0.373 e. The van der Waals surface area contributed by atoms with Gasteiger partial charge in [0.1, 0.15) is 0 Å². The second kappa shape index (κ2) is 4.87. The number of fused-ring (bicyclic) bond motifs is 1. The van der Waals surface area contributed by atoms with Crippen molar-refractivity contribution in [3.05, 3.63) is 0 Å². The fourth-order valence-electron chi connectivity index (χ4n) is 3.28. The normalized spacial score (nSPS) is 36.7. The summed E-state index contributed by atoms with van der Waals surface area (Å²) < 4.78 is 5.85. The first-order chi connectivity index (χ1) is 8.76. The Balaban J connectivity index is 1.54. The number of likely N-dealkylation sites (tertiary alicyclic amines) is 1. The summed E-state index contributed by atoms with van der Waals surface area (Å²) in [5, 5.41) is 8.86. The first kappa shape index (κ1) is 11.9. The van der Waals surface area contributed by atoms with Gasteiger partial charge in [0.05, 0.1) is 24.7 Å². The van der Waals surface area contributed by atoms with Crippen LogP contribution in [0.2, 0.25) is 0 Å². The molecule has 3 atom stereocenters. The van der Waals surface area contributed by atoms with Crippen LogP contribution in [0.3, 0.4) is 0 Å². The summed E-state index contributed by atoms with van der Waals surface area (Å²) in [6, 6.07) is 2.78. The van der Waals surface area contributed by atoms with Crippen molar-refractivity contribution < 1.29 is 9.53 Å². The van der Waals surface area contributed by atoms with Gasteiger partial charge in [0, 0.05) is 32.1 Å². The summed E-state index contributed by atoms with van der Waals surface area (Å²) in [5.74, 6) is -0.0191. The quantitative estimate of drug-likeness (QED) is 0.702. The summed E-state index contributed by atoms with van der Waals surface area (Å²) in [6.07, 6.45) is 3.02. The molecule has 0 radical (unpaired) electrons. The van der Waals surface area contributed by atoms with Crippen molar-refractivity contribution in [1.82, 2.24) is 9.80 Å². The summed E-state index contributed by atoms with van der Waals surface area (Å²) in [5.41, 5.74) is 0. The molecule has 3 rings (SSSR count). The molecule has 0 spiro atoms. The predicted molar refractivity (Wildman–Crippen MR) is 64.6 cm³/mol. The molecular weight excluding hydrogens is 230 g/mol. The Labute approximate surface area is 107 Å². The summed E-state index contributed by atoms with van der Waals surface area (Å²) in [6.45, 7) is 4.14. The maximum atomic E-state index is 11.8. The van der Waals surface area contributed by atoms with E-state index in [9.17, 15) is 4.79 Å². The minimum atomic E-state index is -0.124. The van der Waals surface area contributed by atoms with Gasteiger partial charge in [0.2, 0.25) is 5.91 Å². The molecule has 0 aliphatic carbocycles. The van der Waals surface area contributed by atoms with Gasteiger partial charge < -0.3 is 9.64 Å². The number of nitriles is 1. The van der Waals surface area contributed by atoms with Gasteiger partial charge in [-0.05, 0) is 19.4 Å². The largest absolute Gasteiger partial charge is 0.373 e. The summed E-state index contributed by atoms with van der Waals surface area (Å²) in [7, 11) is 0. The van der Waals surface area contributed by atoms with Crippen molar-refractivity contribution in [3.8, 4) is 6.07 Å². The number of ether oxygens (including phenoxy) is 1. The van der Waals surface area contributed by atoms with E-state index in [2.05, 4.69) is 11.0 Å². The summed E-state index contributed by atoms with van der Waals surface area (Å²) in [4.78, 5) is 16.0. The van der Waals surface area contributed by atoms with E-state index >= 15 is 0 Å². The van der Waals surface area contributed by atoms with Crippen molar-refractivity contribution >= 4 is 5.91 Å². The standard InChI is InChI=1S/C13H19N3O2/c14-5-10-4-13(17)16(6-10)8-12-7-15-3-1-2-11(15)9-18-12/h10-12H,1-4,6-9H2. The molecule has 3 fully saturated rings. The Kier molecular flexibility index (Phi) is 3.23. The molecule has 0 saturated carbocycles. The molecular formula is C13H19N3O2. The Bertz CT molecular complexity index is 379. The zero-order chi connectivity index (χ0) is 12.5. The fraction of sp³-hybridized carbons (Fsp3) is 0.846. The van der Waals surface area contributed by atoms with Crippen molar-refractivity contribution in [2.24, 2.45) is 5.92 Å². The lowest BCUT2D eigenvalue weighted by atomic mass is 10.1. The van der Waals surface area contributed by atoms with Crippen LogP contribution in [0.15, 0.2) is 0 Å². The number of hydrogen-bond donors (Lipinski definition) is 0. The van der Waals surface area contributed by atoms with Crippen LogP contribution in [-0.4, -0.2) is 60.6 Å². The Morgan fingerprint density at radius 2 is 2.33 bits per heavy atom. The third-order valence-electron chi connectivity index (χ3n) is 4.28. The minimum absolute atomic E-state index is 0.105. The van der Waals surface area contributed by atoms with Crippen LogP contribution >= 0.6 is 0 Å². The molecule has 5 heteroatoms. The van der Waals surface area contributed by atoms with E-state index in [-0.39, 0.29) is 17.9 Å². The smallest absolute Gasteiger partial charge is 0.224 e. The van der Waals surface area contributed by atoms with Crippen LogP contribution in [0, 0.1) is 17.2 Å². The van der Waals surface area contributed by atoms with E-state index in [1.165, 1.54) is 19.4 Å². The molecule has 3 unspecified atom stereocenters. The van der Waals surface area contributed by atoms with Crippen molar-refractivity contribution in [2.75, 3.05) is 32.8 Å². The lowest BCUT2D eigenvalue weighted by Gasteiger charge is -2.36. The monoisotopic (exact) mass is 249 g/mol. The lowest BCUT2D eigenvalue weighted by Crippen LogP contribution is -2.50. The van der Waals surface area contributed by atoms with Gasteiger partial charge in [-0.25, -0.2) is 0 Å². The highest BCUT2D eigenvalue weighted by Crippen LogP contribution is 2.24. The number of rotatable bonds is 2. The van der Waals surface area contributed by atoms with Gasteiger partial charge in [-0.15, -0.1) is 0 Å². The lowest BCUT2D eigenvalue weighted by molar-refractivity contribution is -0.131. The highest BCUT2D eigenvalue weighted by Gasteiger charge is 2.36. The molecule has 3 heterocycles. The van der Waals surface area contributed by atoms with Gasteiger partial charge in [0.25, 0.3) is 0 Å². The van der Waals surface area contributed by atoms with Crippen molar-refractivity contribution in [3.63, 3.8) is 0 Å². The van der Waals surface area contributed by atoms with Crippen LogP contribution in [0.4, 0.5) is 0 Å². The van der Waals surface area contributed by atoms with E-state index in [1.807, 2.05) is 0 Å². The molecule has 0 aromatic rings. The van der Waals surface area contributed by atoms with Crippen molar-refractivity contribution in [1.29, 1.82) is 5.26 Å². The van der Waals surface area contributed by atoms with Crippen LogP contribution in [-0.2, 0) is 9.53 Å². The van der Waals surface area contributed by atoms with E-state index in [0.29, 0.717) is 25.6 Å². The Hall–Kier alpha value is -1.12. The maximum absolute atomic E-state index is 11.8. The number of carbonyl (C=O) groups is 1. The molecule has 18 heavy (non-hydrogen) atoms. The topological polar surface area (TPSA) is 56.6 Å². The highest BCUT2D eigenvalue weighted by atomic mass is 16.5. The molecule has 0 N–H and O–H groups in total. The van der Waals surface area contributed by atoms with Gasteiger partial charge in [0.15, 0.2) is 0 Å². The van der Waals surface area contributed by atoms with Gasteiger partial charge in [-0.3, -0.25) is 9.69 Å². The zero-order valence-corrected chi connectivity index (χ0v) is 10.5. The molecule has 0 aromatic carbocycles. The second-order valence-corrected chi connectivity index (χ2v) is 5.58. The molecule has 0 bridgehead atoms. The van der Waals surface area contributed by atoms with Gasteiger partial charge in [-0.1, -0.05) is 0 Å². The van der Waals surface area contributed by atoms with Crippen LogP contribution in [0.25, 0.3) is 0 Å². The molecule has 1 amide bonds. The second-order valence-electron chi connectivity index (χ2n) is 5.58. The number of carbonyl (C=O) groups excluding carboxylic acids is 1. The molecule has 3 aliphatic heterocycles. The van der Waals surface area contributed by atoms with E-state index in [4.69, 9.17) is 10.00 Å². The molecule has 3 aliphatic rings. The molecule has 0 aromatic heterocycles. The fourth-order valence-corrected chi connectivity index (χ4v) is 3.28. The number of amides is 1. The van der Waals surface area contributed by atoms with Crippen LogP contribution in [0.1, 0.15) is 19.3 Å². The summed E-state index contributed by atoms with van der Waals surface area (Å²) >= 11 is 0. The Morgan fingerprint density at radius 1 is 1.44 bits per heavy atom. The van der Waals surface area contributed by atoms with Crippen LogP contribution in [0.5, 0.6) is 0 Å². The third kappa shape index (κ3) is 2.23. The molecule has 98 valence electrons. The SMILES string of the molecule is N#CC1CC(=O)N(CC2CN3CCCC3CO2)C1. The third-order valence-corrected chi connectivity index (χ3v) is 4.28. The first-order valence-electron chi connectivity index (χ1n) is 6.79. The van der Waals surface area contributed by atoms with E-state index in [1.54, 1.807) is 4.90 Å². The average Bonchev–Trinajstić information content (AvgIpc) is 2.96. The maximum Gasteiger partial charge on any atom is 0.224 e. The molecule has 3 saturated heterocycles. The zero-order valence-electron chi connectivity index (χ0n) is 10.5. The van der Waals surface area contributed by atoms with E-state index in [0.717, 1.165) is 13.2 Å². The number of nitrogens with zero attached hydrogens (tertiary/aromatic N) is 3. The average molecular weight is 249 g/mol. The predicted octanol–water partition coefficient (Wildman–Crippen LogP) is 0.222. The Morgan fingerprint density at radius 3 is 3.11 bits per heavy atom. The number of hydrogen-bond acceptors (Lipinski definition) is 4.